The van der Waals surface area contributed by atoms with Gasteiger partial charge in [0.1, 0.15) is 6.54 Å². The van der Waals surface area contributed by atoms with Gasteiger partial charge in [-0.15, -0.1) is 0 Å². The Bertz CT molecular complexity index is 679. The third-order valence-corrected chi connectivity index (χ3v) is 3.27. The van der Waals surface area contributed by atoms with Crippen LogP contribution in [0.15, 0.2) is 30.5 Å². The molecule has 0 atom stereocenters. The number of fused-ring (bicyclic) bond motifs is 1. The second kappa shape index (κ2) is 6.91. The van der Waals surface area contributed by atoms with Gasteiger partial charge in [0.15, 0.2) is 0 Å². The summed E-state index contributed by atoms with van der Waals surface area (Å²) in [5.74, 6) is 0. The van der Waals surface area contributed by atoms with Gasteiger partial charge in [0.2, 0.25) is 0 Å². The molecule has 1 aromatic heterocycles. The van der Waals surface area contributed by atoms with Gasteiger partial charge in [-0.3, -0.25) is 0 Å². The van der Waals surface area contributed by atoms with Gasteiger partial charge < -0.3 is 20.1 Å². The van der Waals surface area contributed by atoms with Gasteiger partial charge in [0, 0.05) is 35.9 Å². The second-order valence-electron chi connectivity index (χ2n) is 5.51. The van der Waals surface area contributed by atoms with E-state index in [-0.39, 0.29) is 0 Å². The van der Waals surface area contributed by atoms with Crippen molar-refractivity contribution >= 4 is 22.6 Å². The zero-order chi connectivity index (χ0) is 17.0. The van der Waals surface area contributed by atoms with E-state index in [1.54, 1.807) is 17.4 Å². The van der Waals surface area contributed by atoms with Crippen LogP contribution in [0.1, 0.15) is 0 Å². The van der Waals surface area contributed by atoms with E-state index in [2.05, 4.69) is 14.8 Å². The minimum absolute atomic E-state index is 0.447. The first-order chi connectivity index (χ1) is 10.7. The number of carbonyl (C=O) groups is 1. The predicted molar refractivity (Wildman–Crippen MR) is 83.6 cm³/mol. The maximum absolute atomic E-state index is 12.0. The SMILES string of the molecule is CN(C)CCn1ccc2cc(NC(=O)NCC(F)(F)F)ccc21. The molecule has 2 aromatic rings. The Labute approximate surface area is 132 Å². The molecule has 8 heteroatoms. The number of likely N-dealkylation sites (N-methyl/N-ethyl adjacent to an activating group) is 1. The van der Waals surface area contributed by atoms with Crippen molar-refractivity contribution < 1.29 is 18.0 Å². The van der Waals surface area contributed by atoms with Gasteiger partial charge in [0.05, 0.1) is 0 Å². The molecule has 2 rings (SSSR count). The number of anilines is 1. The third-order valence-electron chi connectivity index (χ3n) is 3.27. The van der Waals surface area contributed by atoms with Crippen LogP contribution in [0.2, 0.25) is 0 Å². The normalized spacial score (nSPS) is 11.9. The first-order valence-electron chi connectivity index (χ1n) is 7.10. The van der Waals surface area contributed by atoms with Gasteiger partial charge in [-0.2, -0.15) is 13.2 Å². The average molecular weight is 328 g/mol. The molecule has 2 N–H and O–H groups in total. The summed E-state index contributed by atoms with van der Waals surface area (Å²) in [7, 11) is 3.99. The molecule has 0 radical (unpaired) electrons. The molecular weight excluding hydrogens is 309 g/mol. The van der Waals surface area contributed by atoms with Crippen molar-refractivity contribution in [3.63, 3.8) is 0 Å². The Morgan fingerprint density at radius 2 is 2.00 bits per heavy atom. The van der Waals surface area contributed by atoms with Crippen LogP contribution in [-0.2, 0) is 6.54 Å². The van der Waals surface area contributed by atoms with Gasteiger partial charge in [-0.05, 0) is 38.4 Å². The van der Waals surface area contributed by atoms with E-state index in [1.807, 2.05) is 32.4 Å². The molecule has 5 nitrogen and oxygen atoms in total. The summed E-state index contributed by atoms with van der Waals surface area (Å²) >= 11 is 0. The fourth-order valence-corrected chi connectivity index (χ4v) is 2.14. The van der Waals surface area contributed by atoms with Gasteiger partial charge >= 0.3 is 12.2 Å². The molecule has 0 saturated carbocycles. The molecule has 0 spiro atoms. The fraction of sp³-hybridized carbons (Fsp3) is 0.400. The maximum atomic E-state index is 12.0. The lowest BCUT2D eigenvalue weighted by Crippen LogP contribution is -2.36. The van der Waals surface area contributed by atoms with Crippen molar-refractivity contribution in [1.29, 1.82) is 0 Å². The summed E-state index contributed by atoms with van der Waals surface area (Å²) < 4.78 is 38.2. The number of amides is 2. The van der Waals surface area contributed by atoms with E-state index in [0.29, 0.717) is 5.69 Å². The van der Waals surface area contributed by atoms with E-state index >= 15 is 0 Å². The van der Waals surface area contributed by atoms with E-state index < -0.39 is 18.8 Å². The third kappa shape index (κ3) is 5.17. The molecule has 23 heavy (non-hydrogen) atoms. The van der Waals surface area contributed by atoms with Crippen LogP contribution >= 0.6 is 0 Å². The molecule has 0 aliphatic rings. The molecule has 0 unspecified atom stereocenters. The summed E-state index contributed by atoms with van der Waals surface area (Å²) in [5.41, 5.74) is 1.45. The molecule has 0 saturated heterocycles. The van der Waals surface area contributed by atoms with E-state index in [1.165, 1.54) is 0 Å². The highest BCUT2D eigenvalue weighted by atomic mass is 19.4. The standard InChI is InChI=1S/C15H19F3N4O/c1-21(2)7-8-22-6-5-11-9-12(3-4-13(11)22)20-14(23)19-10-15(16,17)18/h3-6,9H,7-8,10H2,1-2H3,(H2,19,20,23). The largest absolute Gasteiger partial charge is 0.405 e. The number of halogens is 3. The molecule has 0 aliphatic carbocycles. The molecule has 0 fully saturated rings. The van der Waals surface area contributed by atoms with Gasteiger partial charge in [0.25, 0.3) is 0 Å². The van der Waals surface area contributed by atoms with Gasteiger partial charge in [-0.25, -0.2) is 4.79 Å². The number of hydrogen-bond acceptors (Lipinski definition) is 2. The van der Waals surface area contributed by atoms with Crippen LogP contribution in [-0.4, -0.2) is 48.9 Å². The molecule has 0 bridgehead atoms. The summed E-state index contributed by atoms with van der Waals surface area (Å²) in [6, 6.07) is 6.26. The Kier molecular flexibility index (Phi) is 5.15. The quantitative estimate of drug-likeness (QED) is 0.887. The van der Waals surface area contributed by atoms with Crippen molar-refractivity contribution in [3.8, 4) is 0 Å². The maximum Gasteiger partial charge on any atom is 0.405 e. The van der Waals surface area contributed by atoms with Crippen molar-refractivity contribution in [2.75, 3.05) is 32.5 Å². The highest BCUT2D eigenvalue weighted by Crippen LogP contribution is 2.20. The van der Waals surface area contributed by atoms with E-state index in [9.17, 15) is 18.0 Å². The monoisotopic (exact) mass is 328 g/mol. The number of alkyl halides is 3. The Morgan fingerprint density at radius 3 is 2.65 bits per heavy atom. The highest BCUT2D eigenvalue weighted by Gasteiger charge is 2.27. The lowest BCUT2D eigenvalue weighted by molar-refractivity contribution is -0.122. The van der Waals surface area contributed by atoms with Crippen molar-refractivity contribution in [2.24, 2.45) is 0 Å². The first-order valence-corrected chi connectivity index (χ1v) is 7.10. The first kappa shape index (κ1) is 17.1. The highest BCUT2D eigenvalue weighted by molar-refractivity contribution is 5.92. The average Bonchev–Trinajstić information content (AvgIpc) is 2.84. The van der Waals surface area contributed by atoms with Crippen LogP contribution in [0.4, 0.5) is 23.7 Å². The Morgan fingerprint density at radius 1 is 1.26 bits per heavy atom. The van der Waals surface area contributed by atoms with Crippen molar-refractivity contribution in [2.45, 2.75) is 12.7 Å². The van der Waals surface area contributed by atoms with Crippen LogP contribution in [0, 0.1) is 0 Å². The minimum Gasteiger partial charge on any atom is -0.346 e. The number of benzene rings is 1. The van der Waals surface area contributed by atoms with Crippen molar-refractivity contribution in [1.82, 2.24) is 14.8 Å². The van der Waals surface area contributed by atoms with Crippen LogP contribution in [0.3, 0.4) is 0 Å². The molecule has 1 aromatic carbocycles. The fourth-order valence-electron chi connectivity index (χ4n) is 2.14. The number of rotatable bonds is 5. The topological polar surface area (TPSA) is 49.3 Å². The molecule has 126 valence electrons. The van der Waals surface area contributed by atoms with Crippen LogP contribution in [0.5, 0.6) is 0 Å². The zero-order valence-electron chi connectivity index (χ0n) is 12.9. The molecule has 2 amide bonds. The molecule has 1 heterocycles. The Hall–Kier alpha value is -2.22. The van der Waals surface area contributed by atoms with E-state index in [4.69, 9.17) is 0 Å². The van der Waals surface area contributed by atoms with Crippen LogP contribution < -0.4 is 10.6 Å². The number of aromatic nitrogens is 1. The summed E-state index contributed by atoms with van der Waals surface area (Å²) in [4.78, 5) is 13.5. The number of urea groups is 1. The van der Waals surface area contributed by atoms with E-state index in [0.717, 1.165) is 24.0 Å². The van der Waals surface area contributed by atoms with Crippen LogP contribution in [0.25, 0.3) is 10.9 Å². The number of hydrogen-bond donors (Lipinski definition) is 2. The lowest BCUT2D eigenvalue weighted by Gasteiger charge is -2.12. The predicted octanol–water partition coefficient (Wildman–Crippen LogP) is 2.89. The summed E-state index contributed by atoms with van der Waals surface area (Å²) in [6.45, 7) is 0.362. The number of nitrogens with zero attached hydrogens (tertiary/aromatic N) is 2. The Balaban J connectivity index is 2.02. The number of nitrogens with one attached hydrogen (secondary N) is 2. The number of carbonyl (C=O) groups excluding carboxylic acids is 1. The molecular formula is C15H19F3N4O. The lowest BCUT2D eigenvalue weighted by atomic mass is 10.2. The zero-order valence-corrected chi connectivity index (χ0v) is 12.9. The smallest absolute Gasteiger partial charge is 0.346 e. The molecule has 0 aliphatic heterocycles. The second-order valence-corrected chi connectivity index (χ2v) is 5.51. The van der Waals surface area contributed by atoms with Gasteiger partial charge in [-0.1, -0.05) is 0 Å². The minimum atomic E-state index is -4.43. The van der Waals surface area contributed by atoms with Crippen molar-refractivity contribution in [3.05, 3.63) is 30.5 Å². The summed E-state index contributed by atoms with van der Waals surface area (Å²) in [6.07, 6.45) is -2.48. The summed E-state index contributed by atoms with van der Waals surface area (Å²) in [5, 5.41) is 5.08.